The number of hydrogen-bond acceptors (Lipinski definition) is 4. The number of furan rings is 1. The van der Waals surface area contributed by atoms with Crippen LogP contribution in [0, 0.1) is 0 Å². The highest BCUT2D eigenvalue weighted by molar-refractivity contribution is 5.39. The number of methoxy groups -OCH3 is 1. The minimum absolute atomic E-state index is 0.0251. The van der Waals surface area contributed by atoms with Crippen molar-refractivity contribution in [3.63, 3.8) is 0 Å². The van der Waals surface area contributed by atoms with E-state index in [4.69, 9.17) is 13.9 Å². The molecule has 0 aliphatic carbocycles. The Morgan fingerprint density at radius 2 is 1.94 bits per heavy atom. The van der Waals surface area contributed by atoms with Gasteiger partial charge in [-0.2, -0.15) is 0 Å². The van der Waals surface area contributed by atoms with E-state index >= 15 is 0 Å². The zero-order valence-electron chi connectivity index (χ0n) is 10.2. The Balaban J connectivity index is 2.02. The maximum absolute atomic E-state index is 9.33. The fourth-order valence-electron chi connectivity index (χ4n) is 1.68. The van der Waals surface area contributed by atoms with Crippen molar-refractivity contribution in [2.24, 2.45) is 0 Å². The molecule has 0 fully saturated rings. The summed E-state index contributed by atoms with van der Waals surface area (Å²) >= 11 is 0. The molecule has 96 valence electrons. The Morgan fingerprint density at radius 3 is 2.56 bits per heavy atom. The second-order valence-corrected chi connectivity index (χ2v) is 3.86. The summed E-state index contributed by atoms with van der Waals surface area (Å²) in [5.41, 5.74) is 0. The summed E-state index contributed by atoms with van der Waals surface area (Å²) in [4.78, 5) is 0. The molecule has 0 aliphatic rings. The monoisotopic (exact) mass is 248 g/mol. The van der Waals surface area contributed by atoms with Gasteiger partial charge in [0.25, 0.3) is 0 Å². The molecule has 1 aromatic carbocycles. The minimum Gasteiger partial charge on any atom is -0.493 e. The first-order valence-electron chi connectivity index (χ1n) is 5.75. The Bertz CT molecular complexity index is 464. The number of ether oxygens (including phenoxy) is 2. The van der Waals surface area contributed by atoms with Crippen LogP contribution in [0.5, 0.6) is 11.5 Å². The van der Waals surface area contributed by atoms with Crippen LogP contribution in [-0.2, 0) is 0 Å². The molecule has 4 heteroatoms. The van der Waals surface area contributed by atoms with Gasteiger partial charge >= 0.3 is 0 Å². The van der Waals surface area contributed by atoms with E-state index in [0.717, 1.165) is 0 Å². The maximum atomic E-state index is 9.33. The van der Waals surface area contributed by atoms with Crippen molar-refractivity contribution < 1.29 is 19.0 Å². The van der Waals surface area contributed by atoms with Crippen LogP contribution < -0.4 is 9.47 Å². The van der Waals surface area contributed by atoms with Crippen LogP contribution in [-0.4, -0.2) is 25.4 Å². The number of aliphatic hydroxyl groups excluding tert-OH is 1. The molecule has 1 aromatic heterocycles. The molecule has 0 saturated heterocycles. The highest BCUT2D eigenvalue weighted by Gasteiger charge is 2.15. The van der Waals surface area contributed by atoms with Crippen molar-refractivity contribution >= 4 is 0 Å². The molecule has 1 heterocycles. The molecule has 18 heavy (non-hydrogen) atoms. The van der Waals surface area contributed by atoms with Crippen LogP contribution in [0.15, 0.2) is 47.1 Å². The third kappa shape index (κ3) is 2.84. The van der Waals surface area contributed by atoms with Crippen molar-refractivity contribution in [2.45, 2.75) is 5.92 Å². The zero-order chi connectivity index (χ0) is 12.8. The van der Waals surface area contributed by atoms with Gasteiger partial charge in [-0.15, -0.1) is 0 Å². The van der Waals surface area contributed by atoms with E-state index in [1.54, 1.807) is 19.4 Å². The lowest BCUT2D eigenvalue weighted by molar-refractivity contribution is 0.186. The summed E-state index contributed by atoms with van der Waals surface area (Å²) in [6.07, 6.45) is 1.58. The third-order valence-corrected chi connectivity index (χ3v) is 2.68. The fraction of sp³-hybridized carbons (Fsp3) is 0.286. The lowest BCUT2D eigenvalue weighted by Crippen LogP contribution is -2.13. The molecular weight excluding hydrogens is 232 g/mol. The molecule has 1 unspecified atom stereocenters. The van der Waals surface area contributed by atoms with Crippen LogP contribution in [0.25, 0.3) is 0 Å². The zero-order valence-corrected chi connectivity index (χ0v) is 10.2. The summed E-state index contributed by atoms with van der Waals surface area (Å²) < 4.78 is 16.1. The Kier molecular flexibility index (Phi) is 4.25. The molecule has 0 saturated carbocycles. The van der Waals surface area contributed by atoms with E-state index in [1.165, 1.54) is 0 Å². The first-order chi connectivity index (χ1) is 8.85. The van der Waals surface area contributed by atoms with Crippen LogP contribution >= 0.6 is 0 Å². The fourth-order valence-corrected chi connectivity index (χ4v) is 1.68. The molecule has 0 amide bonds. The van der Waals surface area contributed by atoms with Crippen molar-refractivity contribution in [3.05, 3.63) is 48.4 Å². The summed E-state index contributed by atoms with van der Waals surface area (Å²) in [5, 5.41) is 9.33. The van der Waals surface area contributed by atoms with Crippen LogP contribution in [0.4, 0.5) is 0 Å². The highest BCUT2D eigenvalue weighted by atomic mass is 16.5. The average molecular weight is 248 g/mol. The first kappa shape index (κ1) is 12.5. The normalized spacial score (nSPS) is 12.1. The molecule has 1 N–H and O–H groups in total. The van der Waals surface area contributed by atoms with E-state index in [-0.39, 0.29) is 12.5 Å². The topological polar surface area (TPSA) is 51.8 Å². The standard InChI is InChI=1S/C14H16O4/c1-16-13-5-2-3-6-14(13)18-10-11(9-15)12-7-4-8-17-12/h2-8,11,15H,9-10H2,1H3. The molecule has 4 nitrogen and oxygen atoms in total. The van der Waals surface area contributed by atoms with Crippen molar-refractivity contribution in [3.8, 4) is 11.5 Å². The van der Waals surface area contributed by atoms with Gasteiger partial charge in [0.1, 0.15) is 12.4 Å². The van der Waals surface area contributed by atoms with E-state index in [9.17, 15) is 5.11 Å². The second kappa shape index (κ2) is 6.12. The van der Waals surface area contributed by atoms with Gasteiger partial charge in [-0.05, 0) is 24.3 Å². The van der Waals surface area contributed by atoms with Crippen LogP contribution in [0.1, 0.15) is 11.7 Å². The third-order valence-electron chi connectivity index (χ3n) is 2.68. The van der Waals surface area contributed by atoms with Crippen molar-refractivity contribution in [1.82, 2.24) is 0 Å². The summed E-state index contributed by atoms with van der Waals surface area (Å²) in [6, 6.07) is 11.0. The van der Waals surface area contributed by atoms with Gasteiger partial charge in [0.05, 0.1) is 25.9 Å². The predicted molar refractivity (Wildman–Crippen MR) is 67.0 cm³/mol. The SMILES string of the molecule is COc1ccccc1OCC(CO)c1ccco1. The van der Waals surface area contributed by atoms with Crippen LogP contribution in [0.3, 0.4) is 0 Å². The van der Waals surface area contributed by atoms with Gasteiger partial charge in [0.15, 0.2) is 11.5 Å². The summed E-state index contributed by atoms with van der Waals surface area (Å²) in [5.74, 6) is 1.87. The van der Waals surface area contributed by atoms with Gasteiger partial charge in [-0.3, -0.25) is 0 Å². The smallest absolute Gasteiger partial charge is 0.161 e. The molecule has 2 aromatic rings. The van der Waals surface area contributed by atoms with Gasteiger partial charge in [-0.1, -0.05) is 12.1 Å². The molecule has 2 rings (SSSR count). The molecule has 0 spiro atoms. The lowest BCUT2D eigenvalue weighted by Gasteiger charge is -2.14. The number of aliphatic hydroxyl groups is 1. The first-order valence-corrected chi connectivity index (χ1v) is 5.75. The van der Waals surface area contributed by atoms with Gasteiger partial charge in [0.2, 0.25) is 0 Å². The number of rotatable bonds is 6. The van der Waals surface area contributed by atoms with Crippen molar-refractivity contribution in [2.75, 3.05) is 20.3 Å². The van der Waals surface area contributed by atoms with Gasteiger partial charge < -0.3 is 19.0 Å². The number of para-hydroxylation sites is 2. The van der Waals surface area contributed by atoms with Crippen LogP contribution in [0.2, 0.25) is 0 Å². The van der Waals surface area contributed by atoms with E-state index in [1.807, 2.05) is 30.3 Å². The molecule has 1 atom stereocenters. The van der Waals surface area contributed by atoms with Gasteiger partial charge in [-0.25, -0.2) is 0 Å². The molecular formula is C14H16O4. The largest absolute Gasteiger partial charge is 0.493 e. The Morgan fingerprint density at radius 1 is 1.17 bits per heavy atom. The highest BCUT2D eigenvalue weighted by Crippen LogP contribution is 2.27. The van der Waals surface area contributed by atoms with E-state index < -0.39 is 0 Å². The number of benzene rings is 1. The molecule has 0 bridgehead atoms. The summed E-state index contributed by atoms with van der Waals surface area (Å²) in [7, 11) is 1.60. The van der Waals surface area contributed by atoms with Crippen molar-refractivity contribution in [1.29, 1.82) is 0 Å². The number of hydrogen-bond donors (Lipinski definition) is 1. The van der Waals surface area contributed by atoms with E-state index in [2.05, 4.69) is 0 Å². The molecule has 0 radical (unpaired) electrons. The predicted octanol–water partition coefficient (Wildman–Crippen LogP) is 2.44. The summed E-state index contributed by atoms with van der Waals surface area (Å²) in [6.45, 7) is 0.313. The Labute approximate surface area is 106 Å². The average Bonchev–Trinajstić information content (AvgIpc) is 2.94. The lowest BCUT2D eigenvalue weighted by atomic mass is 10.1. The Hall–Kier alpha value is -1.94. The molecule has 0 aliphatic heterocycles. The second-order valence-electron chi connectivity index (χ2n) is 3.86. The minimum atomic E-state index is -0.176. The quantitative estimate of drug-likeness (QED) is 0.853. The van der Waals surface area contributed by atoms with Gasteiger partial charge in [0, 0.05) is 0 Å². The maximum Gasteiger partial charge on any atom is 0.161 e. The van der Waals surface area contributed by atoms with E-state index in [0.29, 0.717) is 23.9 Å².